The molecule has 0 aromatic heterocycles. The van der Waals surface area contributed by atoms with E-state index < -0.39 is 12.6 Å². The first-order valence-corrected chi connectivity index (χ1v) is 13.6. The van der Waals surface area contributed by atoms with Gasteiger partial charge < -0.3 is 38.8 Å². The number of nitrogens with one attached hydrogen (secondary N) is 1. The van der Waals surface area contributed by atoms with Crippen molar-refractivity contribution in [3.8, 4) is 0 Å². The van der Waals surface area contributed by atoms with Crippen molar-refractivity contribution in [3.63, 3.8) is 0 Å². The van der Waals surface area contributed by atoms with E-state index in [4.69, 9.17) is 28.8 Å². The molecule has 0 saturated heterocycles. The van der Waals surface area contributed by atoms with Gasteiger partial charge in [-0.1, -0.05) is 64.7 Å². The van der Waals surface area contributed by atoms with Gasteiger partial charge in [0.2, 0.25) is 5.91 Å². The molecular formula is C26H51NO9. The van der Waals surface area contributed by atoms with Crippen molar-refractivity contribution in [1.29, 1.82) is 0 Å². The number of carboxylic acids is 1. The lowest BCUT2D eigenvalue weighted by Gasteiger charge is -2.08. The first kappa shape index (κ1) is 34.7. The summed E-state index contributed by atoms with van der Waals surface area (Å²) in [6.07, 6.45) is 13.3. The lowest BCUT2D eigenvalue weighted by molar-refractivity contribution is -0.143. The normalized spacial score (nSPS) is 11.1. The summed E-state index contributed by atoms with van der Waals surface area (Å²) >= 11 is 0. The number of rotatable bonds is 30. The summed E-state index contributed by atoms with van der Waals surface area (Å²) in [5.74, 6) is -1.49. The molecule has 0 aromatic carbocycles. The van der Waals surface area contributed by atoms with Crippen molar-refractivity contribution in [2.75, 3.05) is 85.8 Å². The van der Waals surface area contributed by atoms with Gasteiger partial charge in [-0.15, -0.1) is 0 Å². The Kier molecular flexibility index (Phi) is 28.8. The Morgan fingerprint density at radius 2 is 0.944 bits per heavy atom. The van der Waals surface area contributed by atoms with Crippen molar-refractivity contribution in [2.24, 2.45) is 0 Å². The second-order valence-corrected chi connectivity index (χ2v) is 8.48. The number of carbonyl (C=O) groups excluding carboxylic acids is 1. The summed E-state index contributed by atoms with van der Waals surface area (Å²) in [7, 11) is 0. The van der Waals surface area contributed by atoms with Crippen LogP contribution in [0.15, 0.2) is 0 Å². The highest BCUT2D eigenvalue weighted by Crippen LogP contribution is 2.10. The Balaban J connectivity index is 3.09. The molecule has 0 radical (unpaired) electrons. The highest BCUT2D eigenvalue weighted by atomic mass is 16.6. The number of unbranched alkanes of at least 4 members (excludes halogenated alkanes) is 9. The third-order valence-corrected chi connectivity index (χ3v) is 5.16. The van der Waals surface area contributed by atoms with Crippen molar-refractivity contribution in [3.05, 3.63) is 0 Å². The van der Waals surface area contributed by atoms with Gasteiger partial charge in [0.05, 0.1) is 59.5 Å². The average molecular weight is 522 g/mol. The largest absolute Gasteiger partial charge is 0.480 e. The monoisotopic (exact) mass is 521 g/mol. The van der Waals surface area contributed by atoms with E-state index in [1.807, 2.05) is 0 Å². The molecule has 0 atom stereocenters. The number of aliphatic carboxylic acids is 1. The Morgan fingerprint density at radius 1 is 0.528 bits per heavy atom. The van der Waals surface area contributed by atoms with E-state index in [0.29, 0.717) is 66.0 Å². The van der Waals surface area contributed by atoms with Crippen LogP contribution in [0.4, 0.5) is 0 Å². The summed E-state index contributed by atoms with van der Waals surface area (Å²) < 4.78 is 31.9. The van der Waals surface area contributed by atoms with Crippen LogP contribution in [0, 0.1) is 0 Å². The van der Waals surface area contributed by atoms with Crippen LogP contribution in [0.2, 0.25) is 0 Å². The molecule has 10 nitrogen and oxygen atoms in total. The second-order valence-electron chi connectivity index (χ2n) is 8.48. The van der Waals surface area contributed by atoms with E-state index >= 15 is 0 Å². The summed E-state index contributed by atoms with van der Waals surface area (Å²) in [6, 6.07) is 0. The minimum Gasteiger partial charge on any atom is -0.480 e. The molecule has 0 fully saturated rings. The van der Waals surface area contributed by atoms with E-state index in [1.165, 1.54) is 57.8 Å². The summed E-state index contributed by atoms with van der Waals surface area (Å²) in [5, 5.41) is 11.0. The maximum absolute atomic E-state index is 11.3. The third-order valence-electron chi connectivity index (χ3n) is 5.16. The molecule has 0 heterocycles. The van der Waals surface area contributed by atoms with Gasteiger partial charge in [0.15, 0.2) is 0 Å². The number of hydrogen-bond acceptors (Lipinski definition) is 8. The Morgan fingerprint density at radius 3 is 1.42 bits per heavy atom. The van der Waals surface area contributed by atoms with Gasteiger partial charge in [-0.25, -0.2) is 4.79 Å². The Bertz CT molecular complexity index is 480. The van der Waals surface area contributed by atoms with Gasteiger partial charge in [-0.3, -0.25) is 4.79 Å². The van der Waals surface area contributed by atoms with Crippen LogP contribution < -0.4 is 5.32 Å². The fraction of sp³-hybridized carbons (Fsp3) is 0.923. The van der Waals surface area contributed by atoms with E-state index in [-0.39, 0.29) is 12.5 Å². The van der Waals surface area contributed by atoms with Crippen molar-refractivity contribution < 1.29 is 43.1 Å². The second kappa shape index (κ2) is 29.9. The molecule has 10 heteroatoms. The van der Waals surface area contributed by atoms with E-state index in [9.17, 15) is 9.59 Å². The number of hydrogen-bond donors (Lipinski definition) is 2. The van der Waals surface area contributed by atoms with Gasteiger partial charge in [0, 0.05) is 13.2 Å². The third kappa shape index (κ3) is 30.7. The first-order valence-electron chi connectivity index (χ1n) is 13.6. The molecule has 1 amide bonds. The Labute approximate surface area is 217 Å². The van der Waals surface area contributed by atoms with Crippen LogP contribution in [0.5, 0.6) is 0 Å². The molecule has 2 N–H and O–H groups in total. The van der Waals surface area contributed by atoms with Crippen molar-refractivity contribution in [2.45, 2.75) is 71.1 Å². The zero-order valence-corrected chi connectivity index (χ0v) is 22.5. The maximum Gasteiger partial charge on any atom is 0.329 e. The predicted octanol–water partition coefficient (Wildman–Crippen LogP) is 3.21. The average Bonchev–Trinajstić information content (AvgIpc) is 2.86. The molecule has 36 heavy (non-hydrogen) atoms. The summed E-state index contributed by atoms with van der Waals surface area (Å²) in [4.78, 5) is 21.6. The topological polar surface area (TPSA) is 122 Å². The molecule has 214 valence electrons. The SMILES string of the molecule is CCCCCCCCCCCCOCCOCCOCCOCCOCCNC(=O)COCC(=O)O. The maximum atomic E-state index is 11.3. The molecule has 0 bridgehead atoms. The van der Waals surface area contributed by atoms with E-state index in [1.54, 1.807) is 0 Å². The fourth-order valence-corrected chi connectivity index (χ4v) is 3.22. The molecule has 0 rings (SSSR count). The smallest absolute Gasteiger partial charge is 0.329 e. The van der Waals surface area contributed by atoms with E-state index in [0.717, 1.165) is 13.0 Å². The molecule has 0 aromatic rings. The molecule has 0 aliphatic carbocycles. The molecule has 0 unspecified atom stereocenters. The Hall–Kier alpha value is -1.30. The first-order chi connectivity index (χ1) is 17.7. The van der Waals surface area contributed by atoms with Crippen molar-refractivity contribution >= 4 is 11.9 Å². The highest BCUT2D eigenvalue weighted by molar-refractivity contribution is 5.77. The standard InChI is InChI=1S/C26H51NO9/c1-2-3-4-5-6-7-8-9-10-11-13-31-15-17-33-19-21-35-22-20-34-18-16-32-14-12-27-25(28)23-36-24-26(29)30/h2-24H2,1H3,(H,27,28)(H,29,30). The van der Waals surface area contributed by atoms with Crippen LogP contribution in [0.1, 0.15) is 71.1 Å². The van der Waals surface area contributed by atoms with Gasteiger partial charge in [0.25, 0.3) is 0 Å². The summed E-state index contributed by atoms with van der Waals surface area (Å²) in [5.41, 5.74) is 0. The number of amides is 1. The number of ether oxygens (including phenoxy) is 6. The zero-order valence-electron chi connectivity index (χ0n) is 22.5. The molecule has 0 spiro atoms. The van der Waals surface area contributed by atoms with Gasteiger partial charge in [0.1, 0.15) is 13.2 Å². The number of carboxylic acid groups (broad SMARTS) is 1. The van der Waals surface area contributed by atoms with E-state index in [2.05, 4.69) is 17.0 Å². The van der Waals surface area contributed by atoms with Crippen molar-refractivity contribution in [1.82, 2.24) is 5.32 Å². The van der Waals surface area contributed by atoms with Crippen LogP contribution in [0.3, 0.4) is 0 Å². The minimum absolute atomic E-state index is 0.284. The molecule has 0 saturated carbocycles. The van der Waals surface area contributed by atoms with Crippen LogP contribution in [-0.4, -0.2) is 103 Å². The molecule has 0 aliphatic heterocycles. The zero-order chi connectivity index (χ0) is 26.4. The van der Waals surface area contributed by atoms with Gasteiger partial charge in [-0.05, 0) is 6.42 Å². The van der Waals surface area contributed by atoms with Crippen LogP contribution in [0.25, 0.3) is 0 Å². The minimum atomic E-state index is -1.11. The quantitative estimate of drug-likeness (QED) is 0.137. The highest BCUT2D eigenvalue weighted by Gasteiger charge is 2.03. The molecular weight excluding hydrogens is 470 g/mol. The van der Waals surface area contributed by atoms with Crippen LogP contribution in [-0.2, 0) is 38.0 Å². The predicted molar refractivity (Wildman–Crippen MR) is 137 cm³/mol. The molecule has 0 aliphatic rings. The fourth-order valence-electron chi connectivity index (χ4n) is 3.22. The van der Waals surface area contributed by atoms with Gasteiger partial charge >= 0.3 is 5.97 Å². The lowest BCUT2D eigenvalue weighted by atomic mass is 10.1. The summed E-state index contributed by atoms with van der Waals surface area (Å²) in [6.45, 7) is 7.05. The lowest BCUT2D eigenvalue weighted by Crippen LogP contribution is -2.31. The van der Waals surface area contributed by atoms with Crippen LogP contribution >= 0.6 is 0 Å². The van der Waals surface area contributed by atoms with Gasteiger partial charge in [-0.2, -0.15) is 0 Å². The number of carbonyl (C=O) groups is 2.